The summed E-state index contributed by atoms with van der Waals surface area (Å²) in [6.07, 6.45) is 5.67. The van der Waals surface area contributed by atoms with Crippen LogP contribution in [0.3, 0.4) is 0 Å². The van der Waals surface area contributed by atoms with Crippen molar-refractivity contribution < 1.29 is 66.3 Å². The molecule has 0 atom stereocenters. The molecule has 0 saturated heterocycles. The molecule has 0 N–H and O–H groups in total. The van der Waals surface area contributed by atoms with E-state index in [9.17, 15) is 4.79 Å². The Morgan fingerprint density at radius 2 is 1.08 bits per heavy atom. The Morgan fingerprint density at radius 1 is 0.750 bits per heavy atom. The first-order chi connectivity index (χ1) is 10.9. The second kappa shape index (κ2) is 218. The van der Waals surface area contributed by atoms with E-state index in [1.165, 1.54) is 18.9 Å². The fourth-order valence-corrected chi connectivity index (χ4v) is 0.582. The summed E-state index contributed by atoms with van der Waals surface area (Å²) >= 11 is 0. The largest absolute Gasteiger partial charge is 0 e. The molecule has 24 heavy (non-hydrogen) atoms. The van der Waals surface area contributed by atoms with E-state index >= 15 is 0 Å². The van der Waals surface area contributed by atoms with Crippen LogP contribution in [0.5, 0.6) is 0 Å². The van der Waals surface area contributed by atoms with Gasteiger partial charge in [-0.3, -0.25) is 0 Å². The van der Waals surface area contributed by atoms with E-state index in [0.717, 1.165) is 12.8 Å². The van der Waals surface area contributed by atoms with Crippen molar-refractivity contribution in [1.82, 2.24) is 0 Å². The van der Waals surface area contributed by atoms with Crippen LogP contribution in [-0.2, 0) is 66.3 Å². The van der Waals surface area contributed by atoms with Crippen LogP contribution < -0.4 is 0 Å². The third kappa shape index (κ3) is 264. The maximum absolute atomic E-state index is 9.50. The predicted molar refractivity (Wildman–Crippen MR) is 63.6 cm³/mol. The van der Waals surface area contributed by atoms with E-state index in [1.807, 2.05) is 0 Å². The monoisotopic (exact) mass is 423 g/mol. The van der Waals surface area contributed by atoms with Crippen LogP contribution in [0.15, 0.2) is 4.99 Å². The fraction of sp³-hybridized carbons (Fsp3) is 0.357. The molecule has 10 heteroatoms. The van der Waals surface area contributed by atoms with Crippen LogP contribution in [0.2, 0.25) is 0 Å². The molecule has 0 aromatic rings. The number of hydrogen-bond acceptors (Lipinski definition) is 2. The number of carbonyl (C=O) groups excluding carboxylic acids is 1. The first kappa shape index (κ1) is 57.1. The molecule has 0 aliphatic rings. The van der Waals surface area contributed by atoms with Gasteiger partial charge in [0.15, 0.2) is 0 Å². The number of isocyanates is 1. The quantitative estimate of drug-likeness (QED) is 0.167. The minimum absolute atomic E-state index is 0. The third-order valence-electron chi connectivity index (χ3n) is 1.09. The van der Waals surface area contributed by atoms with Gasteiger partial charge >= 0.3 is 67.8 Å². The van der Waals surface area contributed by atoms with Crippen LogP contribution in [0.1, 0.15) is 32.6 Å². The van der Waals surface area contributed by atoms with Crippen molar-refractivity contribution >= 4 is 6.08 Å². The molecule has 2 radical (unpaired) electrons. The minimum atomic E-state index is 0. The molecular weight excluding hydrogens is 412 g/mol. The number of rotatable bonds is 3. The van der Waals surface area contributed by atoms with Gasteiger partial charge < -0.3 is 0 Å². The van der Waals surface area contributed by atoms with Gasteiger partial charge in [-0.1, -0.05) is 25.7 Å². The third-order valence-corrected chi connectivity index (χ3v) is 1.09. The number of hydrogen-bond donors (Lipinski definition) is 0. The Kier molecular flexibility index (Phi) is 518. The predicted octanol–water partition coefficient (Wildman–Crippen LogP) is 1.63. The molecule has 0 rings (SSSR count). The van der Waals surface area contributed by atoms with Gasteiger partial charge in [0, 0.05) is 46.0 Å². The second-order valence-corrected chi connectivity index (χ2v) is 1.95. The molecule has 0 amide bonds. The average Bonchev–Trinajstić information content (AvgIpc) is 2.68. The summed E-state index contributed by atoms with van der Waals surface area (Å²) in [5, 5.41) is 0. The minimum Gasteiger partial charge on any atom is 0 e. The molecule has 0 unspecified atom stereocenters. The van der Waals surface area contributed by atoms with Gasteiger partial charge in [-0.2, -0.15) is 0 Å². The van der Waals surface area contributed by atoms with Crippen molar-refractivity contribution in [3.05, 3.63) is 39.9 Å². The summed E-state index contributed by atoms with van der Waals surface area (Å²) in [6, 6.07) is 2.35. The molecule has 0 aromatic heterocycles. The molecule has 0 fully saturated rings. The maximum atomic E-state index is 9.50. The Bertz CT molecular complexity index is 348. The summed E-state index contributed by atoms with van der Waals surface area (Å²) in [4.78, 5) is 12.6. The van der Waals surface area contributed by atoms with Crippen molar-refractivity contribution in [2.75, 3.05) is 0 Å². The molecule has 0 aliphatic carbocycles. The van der Waals surface area contributed by atoms with Crippen LogP contribution in [0.4, 0.5) is 0 Å². The van der Waals surface area contributed by atoms with E-state index in [1.54, 1.807) is 0 Å². The van der Waals surface area contributed by atoms with Crippen LogP contribution >= 0.6 is 0 Å². The van der Waals surface area contributed by atoms with E-state index in [-0.39, 0.29) is 33.6 Å². The molecule has 0 heterocycles. The smallest absolute Gasteiger partial charge is 0 e. The van der Waals surface area contributed by atoms with E-state index < -0.39 is 0 Å². The van der Waals surface area contributed by atoms with Gasteiger partial charge in [-0.15, -0.1) is 4.99 Å². The normalized spacial score (nSPS) is 3.54. The zero-order chi connectivity index (χ0) is 19.7. The summed E-state index contributed by atoms with van der Waals surface area (Å²) < 4.78 is 45.0. The fourth-order valence-electron chi connectivity index (χ4n) is 0.582. The summed E-state index contributed by atoms with van der Waals surface area (Å²) in [5.74, 6) is 2.74. The second-order valence-electron chi connectivity index (χ2n) is 1.95. The summed E-state index contributed by atoms with van der Waals surface area (Å²) in [7, 11) is 0. The number of aliphatic imine (C=N–C) groups is 1. The van der Waals surface area contributed by atoms with E-state index in [2.05, 4.69) is 63.8 Å². The Balaban J connectivity index is -0.0000000196. The average molecular weight is 423 g/mol. The molecule has 0 bridgehead atoms. The van der Waals surface area contributed by atoms with E-state index in [0.29, 0.717) is 0 Å². The van der Waals surface area contributed by atoms with Gasteiger partial charge in [-0.25, -0.2) is 4.79 Å². The van der Waals surface area contributed by atoms with Crippen LogP contribution in [0, 0.1) is 51.9 Å². The number of nitrogens with zero attached hydrogens (tertiary/aromatic N) is 1. The topological polar surface area (TPSA) is 149 Å². The van der Waals surface area contributed by atoms with Crippen molar-refractivity contribution in [3.8, 4) is 12.0 Å². The molecule has 0 saturated carbocycles. The van der Waals surface area contributed by atoms with Crippen molar-refractivity contribution in [2.45, 2.75) is 32.6 Å². The zero-order valence-electron chi connectivity index (χ0n) is 12.3. The summed E-state index contributed by atoms with van der Waals surface area (Å²) in [5.41, 5.74) is 0. The van der Waals surface area contributed by atoms with Gasteiger partial charge in [0.2, 0.25) is 6.08 Å². The Morgan fingerprint density at radius 3 is 1.33 bits per heavy atom. The Labute approximate surface area is 161 Å². The molecule has 8 nitrogen and oxygen atoms in total. The first-order valence-corrected chi connectivity index (χ1v) is 4.69. The van der Waals surface area contributed by atoms with E-state index in [4.69, 9.17) is 27.9 Å². The molecule has 132 valence electrons. The Hall–Kier alpha value is -1.61. The van der Waals surface area contributed by atoms with Gasteiger partial charge in [0.05, 0.1) is 0 Å². The van der Waals surface area contributed by atoms with Gasteiger partial charge in [-0.05, 0) is 6.42 Å². The van der Waals surface area contributed by atoms with Gasteiger partial charge in [0.1, 0.15) is 0 Å². The molecule has 0 aromatic carbocycles. The SMILES string of the molecule is CCCCCC#CN=C=O.[C-]#[O+].[C-]#[O+].[C-]#[O+].[C-]#[O+].[C-]#[O+].[C-]#[O+].[Co].[Co]. The van der Waals surface area contributed by atoms with Crippen molar-refractivity contribution in [3.63, 3.8) is 0 Å². The molecule has 0 aliphatic heterocycles. The van der Waals surface area contributed by atoms with Gasteiger partial charge in [0.25, 0.3) is 0 Å². The van der Waals surface area contributed by atoms with Crippen molar-refractivity contribution in [1.29, 1.82) is 0 Å². The standard InChI is InChI=1S/C8H11NO.6CO.2Co/c1-2-3-4-5-6-7-9-8-10;6*1-2;;/h2-5H2,1H3;;;;;;;;. The summed E-state index contributed by atoms with van der Waals surface area (Å²) in [6.45, 7) is 29.1. The zero-order valence-corrected chi connectivity index (χ0v) is 14.4. The maximum Gasteiger partial charge on any atom is 0 e. The molecule has 0 spiro atoms. The molecular formula is C14H11Co2NO7. The van der Waals surface area contributed by atoms with Crippen molar-refractivity contribution in [2.24, 2.45) is 4.99 Å². The van der Waals surface area contributed by atoms with Crippen LogP contribution in [0.25, 0.3) is 0 Å². The van der Waals surface area contributed by atoms with Crippen LogP contribution in [-0.4, -0.2) is 6.08 Å². The first-order valence-electron chi connectivity index (χ1n) is 4.69. The number of unbranched alkanes of at least 4 members (excludes halogenated alkanes) is 3.